The number of nitrogens with zero attached hydrogens (tertiary/aromatic N) is 3. The molecule has 1 aromatic carbocycles. The molecule has 0 unspecified atom stereocenters. The number of aromatic nitrogens is 2. The van der Waals surface area contributed by atoms with E-state index >= 15 is 0 Å². The van der Waals surface area contributed by atoms with Gasteiger partial charge in [0, 0.05) is 6.04 Å². The molecular weight excluding hydrogens is 368 g/mol. The molecule has 27 heavy (non-hydrogen) atoms. The van der Waals surface area contributed by atoms with Gasteiger partial charge in [-0.25, -0.2) is 4.98 Å². The Labute approximate surface area is 162 Å². The maximum absolute atomic E-state index is 12.5. The third-order valence-electron chi connectivity index (χ3n) is 4.59. The first-order valence-corrected chi connectivity index (χ1v) is 9.20. The zero-order valence-electron chi connectivity index (χ0n) is 14.8. The van der Waals surface area contributed by atoms with Crippen LogP contribution in [0.5, 0.6) is 0 Å². The van der Waals surface area contributed by atoms with Crippen molar-refractivity contribution in [3.05, 3.63) is 46.6 Å². The zero-order chi connectivity index (χ0) is 19.2. The van der Waals surface area contributed by atoms with E-state index in [-0.39, 0.29) is 41.7 Å². The fourth-order valence-corrected chi connectivity index (χ4v) is 3.50. The number of anilines is 2. The summed E-state index contributed by atoms with van der Waals surface area (Å²) in [6, 6.07) is 9.51. The monoisotopic (exact) mass is 388 g/mol. The lowest BCUT2D eigenvalue weighted by Gasteiger charge is -2.30. The van der Waals surface area contributed by atoms with Gasteiger partial charge in [0.05, 0.1) is 5.56 Å². The Balaban J connectivity index is 1.80. The molecule has 1 aliphatic carbocycles. The van der Waals surface area contributed by atoms with Crippen LogP contribution in [0.15, 0.2) is 30.3 Å². The van der Waals surface area contributed by atoms with Gasteiger partial charge in [-0.15, -0.1) is 0 Å². The maximum atomic E-state index is 12.5. The molecule has 1 saturated carbocycles. The Hall–Kier alpha value is -2.67. The van der Waals surface area contributed by atoms with Crippen molar-refractivity contribution in [2.45, 2.75) is 38.3 Å². The van der Waals surface area contributed by atoms with Crippen LogP contribution in [0.2, 0.25) is 5.15 Å². The fourth-order valence-electron chi connectivity index (χ4n) is 3.28. The number of rotatable bonds is 7. The van der Waals surface area contributed by atoms with Gasteiger partial charge in [-0.2, -0.15) is 4.98 Å². The number of hydrogen-bond acceptors (Lipinski definition) is 7. The standard InChI is InChI=1S/C19H21ClN4O3/c20-17-15(11-25)18(23-19(21)22-17)24(14-8-4-5-9-14)10-16(26)27-12-13-6-2-1-3-7-13/h1-3,6-7,11,14H,4-5,8-10,12H2,(H2,21,22,23). The van der Waals surface area contributed by atoms with Gasteiger partial charge in [-0.1, -0.05) is 54.8 Å². The molecule has 1 fully saturated rings. The molecular formula is C19H21ClN4O3. The number of nitrogens with two attached hydrogens (primary N) is 1. The topological polar surface area (TPSA) is 98.4 Å². The number of ether oxygens (including phenoxy) is 1. The van der Waals surface area contributed by atoms with Gasteiger partial charge in [0.25, 0.3) is 0 Å². The smallest absolute Gasteiger partial charge is 0.325 e. The van der Waals surface area contributed by atoms with Crippen LogP contribution in [-0.4, -0.2) is 34.8 Å². The van der Waals surface area contributed by atoms with Crippen molar-refractivity contribution < 1.29 is 14.3 Å². The number of halogens is 1. The predicted molar refractivity (Wildman–Crippen MR) is 103 cm³/mol. The summed E-state index contributed by atoms with van der Waals surface area (Å²) in [6.07, 6.45) is 4.47. The summed E-state index contributed by atoms with van der Waals surface area (Å²) in [5.41, 5.74) is 6.76. The van der Waals surface area contributed by atoms with Crippen LogP contribution in [0.25, 0.3) is 0 Å². The van der Waals surface area contributed by atoms with Crippen molar-refractivity contribution in [1.29, 1.82) is 0 Å². The number of hydrogen-bond donors (Lipinski definition) is 1. The Kier molecular flexibility index (Phi) is 6.24. The largest absolute Gasteiger partial charge is 0.459 e. The zero-order valence-corrected chi connectivity index (χ0v) is 15.6. The third kappa shape index (κ3) is 4.74. The van der Waals surface area contributed by atoms with Crippen LogP contribution in [0.1, 0.15) is 41.6 Å². The average Bonchev–Trinajstić information content (AvgIpc) is 3.19. The summed E-state index contributed by atoms with van der Waals surface area (Å²) in [5.74, 6) is -0.164. The highest BCUT2D eigenvalue weighted by Crippen LogP contribution is 2.31. The summed E-state index contributed by atoms with van der Waals surface area (Å²) in [4.78, 5) is 33.8. The lowest BCUT2D eigenvalue weighted by Crippen LogP contribution is -2.40. The molecule has 3 rings (SSSR count). The first-order chi connectivity index (χ1) is 13.1. The van der Waals surface area contributed by atoms with Gasteiger partial charge in [-0.3, -0.25) is 9.59 Å². The average molecular weight is 389 g/mol. The van der Waals surface area contributed by atoms with Crippen molar-refractivity contribution in [3.63, 3.8) is 0 Å². The van der Waals surface area contributed by atoms with Gasteiger partial charge < -0.3 is 15.4 Å². The Morgan fingerprint density at radius 2 is 1.96 bits per heavy atom. The highest BCUT2D eigenvalue weighted by molar-refractivity contribution is 6.32. The molecule has 0 radical (unpaired) electrons. The normalized spacial score (nSPS) is 14.1. The summed E-state index contributed by atoms with van der Waals surface area (Å²) in [5, 5.41) is -0.0202. The minimum atomic E-state index is -0.407. The van der Waals surface area contributed by atoms with Crippen molar-refractivity contribution in [2.75, 3.05) is 17.2 Å². The van der Waals surface area contributed by atoms with Gasteiger partial charge >= 0.3 is 5.97 Å². The van der Waals surface area contributed by atoms with E-state index < -0.39 is 5.97 Å². The van der Waals surface area contributed by atoms with E-state index in [1.54, 1.807) is 4.90 Å². The summed E-state index contributed by atoms with van der Waals surface area (Å²) >= 11 is 6.06. The maximum Gasteiger partial charge on any atom is 0.325 e. The second-order valence-corrected chi connectivity index (χ2v) is 6.80. The molecule has 0 saturated heterocycles. The van der Waals surface area contributed by atoms with Crippen LogP contribution in [0.4, 0.5) is 11.8 Å². The Bertz CT molecular complexity index is 810. The number of carbonyl (C=O) groups excluding carboxylic acids is 2. The van der Waals surface area contributed by atoms with E-state index in [9.17, 15) is 9.59 Å². The van der Waals surface area contributed by atoms with Crippen LogP contribution in [0, 0.1) is 0 Å². The van der Waals surface area contributed by atoms with E-state index in [0.717, 1.165) is 31.2 Å². The molecule has 2 aromatic rings. The minimum absolute atomic E-state index is 0.0202. The minimum Gasteiger partial charge on any atom is -0.459 e. The van der Waals surface area contributed by atoms with Crippen LogP contribution >= 0.6 is 11.6 Å². The Morgan fingerprint density at radius 3 is 2.63 bits per heavy atom. The lowest BCUT2D eigenvalue weighted by atomic mass is 10.2. The quantitative estimate of drug-likeness (QED) is 0.442. The van der Waals surface area contributed by atoms with Crippen molar-refractivity contribution in [2.24, 2.45) is 0 Å². The van der Waals surface area contributed by atoms with Crippen LogP contribution < -0.4 is 10.6 Å². The summed E-state index contributed by atoms with van der Waals surface area (Å²) in [6.45, 7) is 0.149. The molecule has 0 atom stereocenters. The summed E-state index contributed by atoms with van der Waals surface area (Å²) < 4.78 is 5.40. The van der Waals surface area contributed by atoms with E-state index in [0.29, 0.717) is 6.29 Å². The van der Waals surface area contributed by atoms with Gasteiger partial charge in [0.2, 0.25) is 5.95 Å². The SMILES string of the molecule is Nc1nc(Cl)c(C=O)c(N(CC(=O)OCc2ccccc2)C2CCCC2)n1. The number of nitrogen functional groups attached to an aromatic ring is 1. The second-order valence-electron chi connectivity index (χ2n) is 6.44. The van der Waals surface area contributed by atoms with Crippen LogP contribution in [-0.2, 0) is 16.1 Å². The second kappa shape index (κ2) is 8.81. The molecule has 8 heteroatoms. The summed E-state index contributed by atoms with van der Waals surface area (Å²) in [7, 11) is 0. The molecule has 0 aliphatic heterocycles. The van der Waals surface area contributed by atoms with E-state index in [1.807, 2.05) is 30.3 Å². The lowest BCUT2D eigenvalue weighted by molar-refractivity contribution is -0.143. The molecule has 142 valence electrons. The number of carbonyl (C=O) groups is 2. The third-order valence-corrected chi connectivity index (χ3v) is 4.88. The predicted octanol–water partition coefficient (Wildman–Crippen LogP) is 3.02. The van der Waals surface area contributed by atoms with E-state index in [4.69, 9.17) is 22.1 Å². The molecule has 1 aliphatic rings. The van der Waals surface area contributed by atoms with E-state index in [1.165, 1.54) is 0 Å². The first kappa shape index (κ1) is 19.1. The highest BCUT2D eigenvalue weighted by atomic mass is 35.5. The number of esters is 1. The molecule has 7 nitrogen and oxygen atoms in total. The molecule has 2 N–H and O–H groups in total. The van der Waals surface area contributed by atoms with Crippen molar-refractivity contribution in [1.82, 2.24) is 9.97 Å². The van der Waals surface area contributed by atoms with Crippen molar-refractivity contribution in [3.8, 4) is 0 Å². The number of benzene rings is 1. The molecule has 0 amide bonds. The van der Waals surface area contributed by atoms with Gasteiger partial charge in [-0.05, 0) is 18.4 Å². The molecule has 1 aromatic heterocycles. The fraction of sp³-hybridized carbons (Fsp3) is 0.368. The van der Waals surface area contributed by atoms with E-state index in [2.05, 4.69) is 9.97 Å². The first-order valence-electron chi connectivity index (χ1n) is 8.83. The van der Waals surface area contributed by atoms with Gasteiger partial charge in [0.15, 0.2) is 6.29 Å². The Morgan fingerprint density at radius 1 is 1.26 bits per heavy atom. The molecule has 0 bridgehead atoms. The molecule has 0 spiro atoms. The highest BCUT2D eigenvalue weighted by Gasteiger charge is 2.29. The van der Waals surface area contributed by atoms with Gasteiger partial charge in [0.1, 0.15) is 24.1 Å². The van der Waals surface area contributed by atoms with Crippen molar-refractivity contribution >= 4 is 35.6 Å². The molecule has 1 heterocycles. The van der Waals surface area contributed by atoms with Crippen LogP contribution in [0.3, 0.4) is 0 Å². The number of aldehydes is 1.